The second-order valence-electron chi connectivity index (χ2n) is 6.80. The van der Waals surface area contributed by atoms with Crippen LogP contribution in [0.2, 0.25) is 0 Å². The quantitative estimate of drug-likeness (QED) is 0.344. The summed E-state index contributed by atoms with van der Waals surface area (Å²) in [5, 5.41) is 10.0. The third-order valence-corrected chi connectivity index (χ3v) is 4.52. The minimum Gasteiger partial charge on any atom is -0.507 e. The lowest BCUT2D eigenvalue weighted by atomic mass is 9.96. The molecule has 0 aliphatic heterocycles. The van der Waals surface area contributed by atoms with Gasteiger partial charge in [0, 0.05) is 5.56 Å². The Kier molecular flexibility index (Phi) is 8.05. The Morgan fingerprint density at radius 1 is 0.889 bits per heavy atom. The molecule has 0 amide bonds. The number of carbonyl (C=O) groups excluding carboxylic acids is 2. The Morgan fingerprint density at radius 2 is 1.56 bits per heavy atom. The maximum Gasteiger partial charge on any atom is 0.338 e. The number of ether oxygens (including phenoxy) is 1. The van der Waals surface area contributed by atoms with Crippen molar-refractivity contribution in [1.29, 1.82) is 0 Å². The lowest BCUT2D eigenvalue weighted by Crippen LogP contribution is -2.13. The zero-order chi connectivity index (χ0) is 19.6. The van der Waals surface area contributed by atoms with Crippen molar-refractivity contribution in [2.45, 2.75) is 52.4 Å². The summed E-state index contributed by atoms with van der Waals surface area (Å²) in [5.41, 5.74) is 1.52. The van der Waals surface area contributed by atoms with E-state index >= 15 is 0 Å². The first-order valence-corrected chi connectivity index (χ1v) is 9.65. The molecular formula is C23H28O4. The monoisotopic (exact) mass is 368 g/mol. The molecule has 2 aromatic rings. The van der Waals surface area contributed by atoms with Gasteiger partial charge in [0.05, 0.1) is 17.7 Å². The van der Waals surface area contributed by atoms with Gasteiger partial charge < -0.3 is 9.84 Å². The minimum absolute atomic E-state index is 0.0964. The molecule has 27 heavy (non-hydrogen) atoms. The van der Waals surface area contributed by atoms with Crippen LogP contribution in [0.25, 0.3) is 0 Å². The van der Waals surface area contributed by atoms with E-state index in [1.165, 1.54) is 25.3 Å². The number of phenols is 1. The molecule has 1 N–H and O–H groups in total. The predicted molar refractivity (Wildman–Crippen MR) is 106 cm³/mol. The van der Waals surface area contributed by atoms with Crippen LogP contribution in [0.4, 0.5) is 0 Å². The van der Waals surface area contributed by atoms with Crippen molar-refractivity contribution >= 4 is 11.8 Å². The van der Waals surface area contributed by atoms with Crippen molar-refractivity contribution in [3.8, 4) is 5.75 Å². The van der Waals surface area contributed by atoms with Gasteiger partial charge in [0.1, 0.15) is 5.75 Å². The Balaban J connectivity index is 2.03. The summed E-state index contributed by atoms with van der Waals surface area (Å²) >= 11 is 0. The van der Waals surface area contributed by atoms with Crippen LogP contribution < -0.4 is 0 Å². The first kappa shape index (κ1) is 20.7. The number of rotatable bonds is 10. The number of aryl methyl sites for hydroxylation is 1. The second kappa shape index (κ2) is 10.5. The van der Waals surface area contributed by atoms with E-state index in [9.17, 15) is 14.7 Å². The number of hydrogen-bond donors (Lipinski definition) is 1. The molecule has 2 rings (SSSR count). The molecule has 144 valence electrons. The molecule has 0 unspecified atom stereocenters. The topological polar surface area (TPSA) is 63.6 Å². The number of esters is 1. The fourth-order valence-electron chi connectivity index (χ4n) is 2.96. The van der Waals surface area contributed by atoms with Crippen LogP contribution in [0.3, 0.4) is 0 Å². The highest BCUT2D eigenvalue weighted by molar-refractivity contribution is 6.15. The van der Waals surface area contributed by atoms with Crippen molar-refractivity contribution in [2.75, 3.05) is 6.61 Å². The van der Waals surface area contributed by atoms with E-state index in [1.807, 2.05) is 6.92 Å². The van der Waals surface area contributed by atoms with Gasteiger partial charge >= 0.3 is 5.97 Å². The number of hydrogen-bond acceptors (Lipinski definition) is 4. The van der Waals surface area contributed by atoms with Crippen molar-refractivity contribution in [2.24, 2.45) is 0 Å². The van der Waals surface area contributed by atoms with Gasteiger partial charge in [-0.15, -0.1) is 0 Å². The number of ketones is 1. The van der Waals surface area contributed by atoms with Gasteiger partial charge in [0.25, 0.3) is 0 Å². The van der Waals surface area contributed by atoms with Crippen molar-refractivity contribution in [3.05, 3.63) is 64.7 Å². The zero-order valence-electron chi connectivity index (χ0n) is 16.2. The van der Waals surface area contributed by atoms with E-state index in [0.717, 1.165) is 24.8 Å². The van der Waals surface area contributed by atoms with Gasteiger partial charge in [-0.1, -0.05) is 68.9 Å². The number of carbonyl (C=O) groups is 2. The first-order chi connectivity index (χ1) is 13.0. The van der Waals surface area contributed by atoms with Crippen LogP contribution in [-0.4, -0.2) is 23.5 Å². The maximum atomic E-state index is 12.9. The molecule has 4 nitrogen and oxygen atoms in total. The van der Waals surface area contributed by atoms with Crippen LogP contribution in [0, 0.1) is 6.92 Å². The Hall–Kier alpha value is -2.62. The standard InChI is InChI=1S/C23H28O4/c1-3-4-5-6-7-10-15-27-23(26)19-12-9-8-11-18(19)22(25)20-16-17(2)13-14-21(20)24/h8-9,11-14,16,24H,3-7,10,15H2,1-2H3. The highest BCUT2D eigenvalue weighted by Gasteiger charge is 2.21. The highest BCUT2D eigenvalue weighted by atomic mass is 16.5. The minimum atomic E-state index is -0.500. The van der Waals surface area contributed by atoms with E-state index in [0.29, 0.717) is 6.61 Å². The fourth-order valence-corrected chi connectivity index (χ4v) is 2.96. The van der Waals surface area contributed by atoms with Crippen molar-refractivity contribution in [1.82, 2.24) is 0 Å². The molecule has 0 fully saturated rings. The predicted octanol–water partition coefficient (Wildman–Crippen LogP) is 5.45. The molecule has 0 heterocycles. The molecule has 0 aromatic heterocycles. The van der Waals surface area contributed by atoms with Crippen LogP contribution >= 0.6 is 0 Å². The third-order valence-electron chi connectivity index (χ3n) is 4.52. The van der Waals surface area contributed by atoms with Crippen LogP contribution in [0.1, 0.15) is 77.3 Å². The average molecular weight is 368 g/mol. The number of aromatic hydroxyl groups is 1. The Morgan fingerprint density at radius 3 is 2.30 bits per heavy atom. The van der Waals surface area contributed by atoms with Gasteiger partial charge in [-0.2, -0.15) is 0 Å². The van der Waals surface area contributed by atoms with Crippen LogP contribution in [0.15, 0.2) is 42.5 Å². The lowest BCUT2D eigenvalue weighted by Gasteiger charge is -2.10. The molecular weight excluding hydrogens is 340 g/mol. The molecule has 4 heteroatoms. The van der Waals surface area contributed by atoms with Gasteiger partial charge in [0.2, 0.25) is 0 Å². The summed E-state index contributed by atoms with van der Waals surface area (Å²) in [6, 6.07) is 11.4. The fraction of sp³-hybridized carbons (Fsp3) is 0.391. The van der Waals surface area contributed by atoms with Crippen molar-refractivity contribution in [3.63, 3.8) is 0 Å². The molecule has 0 aliphatic rings. The summed E-state index contributed by atoms with van der Waals surface area (Å²) in [7, 11) is 0. The summed E-state index contributed by atoms with van der Waals surface area (Å²) in [6.45, 7) is 4.37. The highest BCUT2D eigenvalue weighted by Crippen LogP contribution is 2.24. The van der Waals surface area contributed by atoms with Crippen molar-refractivity contribution < 1.29 is 19.4 Å². The SMILES string of the molecule is CCCCCCCCOC(=O)c1ccccc1C(=O)c1cc(C)ccc1O. The molecule has 0 radical (unpaired) electrons. The van der Waals surface area contributed by atoms with E-state index < -0.39 is 5.97 Å². The lowest BCUT2D eigenvalue weighted by molar-refractivity contribution is 0.0495. The summed E-state index contributed by atoms with van der Waals surface area (Å²) in [5.74, 6) is -0.983. The average Bonchev–Trinajstić information content (AvgIpc) is 2.68. The molecule has 0 saturated heterocycles. The zero-order valence-corrected chi connectivity index (χ0v) is 16.2. The molecule has 0 saturated carbocycles. The van der Waals surface area contributed by atoms with Gasteiger partial charge in [-0.25, -0.2) is 4.79 Å². The van der Waals surface area contributed by atoms with Gasteiger partial charge in [-0.05, 0) is 31.5 Å². The number of unbranched alkanes of at least 4 members (excludes halogenated alkanes) is 5. The van der Waals surface area contributed by atoms with Gasteiger partial charge in [0.15, 0.2) is 5.78 Å². The largest absolute Gasteiger partial charge is 0.507 e. The molecule has 0 atom stereocenters. The number of benzene rings is 2. The summed E-state index contributed by atoms with van der Waals surface area (Å²) in [4.78, 5) is 25.3. The van der Waals surface area contributed by atoms with E-state index in [4.69, 9.17) is 4.74 Å². The Labute approximate surface area is 161 Å². The van der Waals surface area contributed by atoms with Gasteiger partial charge in [-0.3, -0.25) is 4.79 Å². The van der Waals surface area contributed by atoms with E-state index in [2.05, 4.69) is 6.92 Å². The summed E-state index contributed by atoms with van der Waals surface area (Å²) < 4.78 is 5.36. The van der Waals surface area contributed by atoms with E-state index in [-0.39, 0.29) is 28.2 Å². The molecule has 0 aliphatic carbocycles. The molecule has 0 spiro atoms. The number of phenolic OH excluding ortho intramolecular Hbond substituents is 1. The smallest absolute Gasteiger partial charge is 0.338 e. The van der Waals surface area contributed by atoms with Crippen LogP contribution in [0.5, 0.6) is 5.75 Å². The second-order valence-corrected chi connectivity index (χ2v) is 6.80. The van der Waals surface area contributed by atoms with Crippen LogP contribution in [-0.2, 0) is 4.74 Å². The Bertz CT molecular complexity index is 780. The maximum absolute atomic E-state index is 12.9. The molecule has 2 aromatic carbocycles. The third kappa shape index (κ3) is 5.95. The normalized spacial score (nSPS) is 10.6. The van der Waals surface area contributed by atoms with E-state index in [1.54, 1.807) is 36.4 Å². The molecule has 0 bridgehead atoms. The summed E-state index contributed by atoms with van der Waals surface area (Å²) in [6.07, 6.45) is 6.65. The first-order valence-electron chi connectivity index (χ1n) is 9.65.